The van der Waals surface area contributed by atoms with E-state index < -0.39 is 19.9 Å². The van der Waals surface area contributed by atoms with Crippen molar-refractivity contribution in [2.75, 3.05) is 0 Å². The van der Waals surface area contributed by atoms with Gasteiger partial charge in [-0.3, -0.25) is 14.7 Å². The van der Waals surface area contributed by atoms with Crippen LogP contribution in [0.1, 0.15) is 5.56 Å². The van der Waals surface area contributed by atoms with Gasteiger partial charge in [0.2, 0.25) is 0 Å². The minimum absolute atomic E-state index is 0. The summed E-state index contributed by atoms with van der Waals surface area (Å²) in [5, 5.41) is 10.3. The molecule has 0 aliphatic carbocycles. The average Bonchev–Trinajstić information content (AvgIpc) is 2.02. The Bertz CT molecular complexity index is 484. The summed E-state index contributed by atoms with van der Waals surface area (Å²) >= 11 is 0. The molecule has 0 aliphatic heterocycles. The quantitative estimate of drug-likeness (QED) is 0.283. The average molecular weight is 240 g/mol. The van der Waals surface area contributed by atoms with Gasteiger partial charge in [0, 0.05) is 12.1 Å². The molecular weight excluding hydrogens is 233 g/mol. The van der Waals surface area contributed by atoms with Gasteiger partial charge in [0.1, 0.15) is 4.90 Å². The molecule has 15 heavy (non-hydrogen) atoms. The molecule has 0 unspecified atom stereocenters. The van der Waals surface area contributed by atoms with Crippen molar-refractivity contribution >= 4 is 15.8 Å². The molecule has 1 aromatic rings. The van der Waals surface area contributed by atoms with Crippen LogP contribution in [-0.4, -0.2) is 17.9 Å². The second-order valence-electron chi connectivity index (χ2n) is 2.68. The van der Waals surface area contributed by atoms with Gasteiger partial charge in [0.15, 0.2) is 0 Å². The van der Waals surface area contributed by atoms with E-state index in [4.69, 9.17) is 4.55 Å². The summed E-state index contributed by atoms with van der Waals surface area (Å²) in [6.45, 7) is 1.44. The van der Waals surface area contributed by atoms with Crippen LogP contribution >= 0.6 is 0 Å². The minimum Gasteiger partial charge on any atom is -0.282 e. The molecule has 1 N–H and O–H groups in total. The smallest absolute Gasteiger partial charge is 0.282 e. The van der Waals surface area contributed by atoms with Crippen LogP contribution in [0.2, 0.25) is 0 Å². The van der Waals surface area contributed by atoms with Gasteiger partial charge in [-0.25, -0.2) is 0 Å². The van der Waals surface area contributed by atoms with Gasteiger partial charge in [-0.15, -0.1) is 0 Å². The molecule has 0 aromatic heterocycles. The predicted molar refractivity (Wildman–Crippen MR) is 47.6 cm³/mol. The first-order valence-corrected chi connectivity index (χ1v) is 4.99. The second-order valence-corrected chi connectivity index (χ2v) is 4.07. The van der Waals surface area contributed by atoms with Crippen molar-refractivity contribution in [3.63, 3.8) is 0 Å². The summed E-state index contributed by atoms with van der Waals surface area (Å²) in [7, 11) is -4.39. The standard InChI is InChI=1S/C7H7NO5S.Na/c1-5-2-3-6(8(9)10)4-7(5)14(11,12)13;/h2-4H,1H3,(H,11,12,13);/q;+1. The first-order chi connectivity index (χ1) is 6.32. The summed E-state index contributed by atoms with van der Waals surface area (Å²) < 4.78 is 30.2. The molecule has 0 aliphatic rings. The van der Waals surface area contributed by atoms with Crippen molar-refractivity contribution in [2.24, 2.45) is 0 Å². The van der Waals surface area contributed by atoms with E-state index in [-0.39, 0.29) is 40.8 Å². The number of hydrogen-bond acceptors (Lipinski definition) is 4. The van der Waals surface area contributed by atoms with E-state index in [1.165, 1.54) is 19.1 Å². The summed E-state index contributed by atoms with van der Waals surface area (Å²) in [6, 6.07) is 3.26. The van der Waals surface area contributed by atoms with Gasteiger partial charge in [-0.2, -0.15) is 8.42 Å². The maximum absolute atomic E-state index is 10.8. The predicted octanol–water partition coefficient (Wildman–Crippen LogP) is -1.85. The van der Waals surface area contributed by atoms with E-state index in [9.17, 15) is 18.5 Å². The van der Waals surface area contributed by atoms with Crippen LogP contribution in [0.25, 0.3) is 0 Å². The molecule has 6 nitrogen and oxygen atoms in total. The van der Waals surface area contributed by atoms with Crippen molar-refractivity contribution < 1.29 is 47.5 Å². The molecule has 0 fully saturated rings. The molecule has 0 spiro atoms. The van der Waals surface area contributed by atoms with Crippen molar-refractivity contribution in [1.29, 1.82) is 0 Å². The molecule has 76 valence electrons. The van der Waals surface area contributed by atoms with Gasteiger partial charge in [-0.1, -0.05) is 6.07 Å². The van der Waals surface area contributed by atoms with E-state index in [2.05, 4.69) is 0 Å². The monoisotopic (exact) mass is 240 g/mol. The molecule has 0 amide bonds. The van der Waals surface area contributed by atoms with Gasteiger partial charge >= 0.3 is 29.6 Å². The second kappa shape index (κ2) is 5.04. The van der Waals surface area contributed by atoms with Crippen molar-refractivity contribution in [3.05, 3.63) is 33.9 Å². The Labute approximate surface area is 108 Å². The fourth-order valence-corrected chi connectivity index (χ4v) is 1.72. The first-order valence-electron chi connectivity index (χ1n) is 3.55. The zero-order valence-electron chi connectivity index (χ0n) is 8.17. The third-order valence-corrected chi connectivity index (χ3v) is 2.66. The summed E-state index contributed by atoms with van der Waals surface area (Å²) in [5.41, 5.74) is -0.110. The zero-order chi connectivity index (χ0) is 10.9. The Morgan fingerprint density at radius 2 is 1.93 bits per heavy atom. The van der Waals surface area contributed by atoms with Gasteiger partial charge in [-0.05, 0) is 12.5 Å². The van der Waals surface area contributed by atoms with E-state index >= 15 is 0 Å². The molecule has 1 rings (SSSR count). The van der Waals surface area contributed by atoms with E-state index in [1.54, 1.807) is 0 Å². The Kier molecular flexibility index (Phi) is 4.88. The number of rotatable bonds is 2. The SMILES string of the molecule is Cc1ccc([N+](=O)[O-])cc1S(=O)(=O)O.[Na+]. The van der Waals surface area contributed by atoms with E-state index in [1.807, 2.05) is 0 Å². The fraction of sp³-hybridized carbons (Fsp3) is 0.143. The number of nitro benzene ring substituents is 1. The Balaban J connectivity index is 0.00000196. The summed E-state index contributed by atoms with van der Waals surface area (Å²) in [4.78, 5) is 9.15. The first kappa shape index (κ1) is 14.5. The maximum atomic E-state index is 10.8. The molecule has 0 bridgehead atoms. The molecular formula is C7H7NNaO5S+. The Morgan fingerprint density at radius 1 is 1.40 bits per heavy atom. The molecule has 0 saturated carbocycles. The molecule has 1 aromatic carbocycles. The number of non-ortho nitro benzene ring substituents is 1. The van der Waals surface area contributed by atoms with E-state index in [0.717, 1.165) is 6.07 Å². The van der Waals surface area contributed by atoms with Gasteiger partial charge in [0.25, 0.3) is 15.8 Å². The normalized spacial score (nSPS) is 10.5. The van der Waals surface area contributed by atoms with Crippen LogP contribution in [0, 0.1) is 17.0 Å². The molecule has 0 heterocycles. The zero-order valence-corrected chi connectivity index (χ0v) is 11.0. The number of nitrogens with zero attached hydrogens (tertiary/aromatic N) is 1. The number of nitro groups is 1. The van der Waals surface area contributed by atoms with Crippen LogP contribution in [-0.2, 0) is 10.1 Å². The molecule has 0 radical (unpaired) electrons. The summed E-state index contributed by atoms with van der Waals surface area (Å²) in [5.74, 6) is 0. The topological polar surface area (TPSA) is 97.5 Å². The maximum Gasteiger partial charge on any atom is 1.00 e. The van der Waals surface area contributed by atoms with Crippen LogP contribution in [0.3, 0.4) is 0 Å². The molecule has 8 heteroatoms. The Hall–Kier alpha value is -0.470. The fourth-order valence-electron chi connectivity index (χ4n) is 0.980. The van der Waals surface area contributed by atoms with E-state index in [0.29, 0.717) is 0 Å². The van der Waals surface area contributed by atoms with Crippen molar-refractivity contribution in [2.45, 2.75) is 11.8 Å². The minimum atomic E-state index is -4.39. The number of benzene rings is 1. The molecule has 0 atom stereocenters. The van der Waals surface area contributed by atoms with Crippen LogP contribution < -0.4 is 29.6 Å². The van der Waals surface area contributed by atoms with Crippen molar-refractivity contribution in [3.8, 4) is 0 Å². The third-order valence-electron chi connectivity index (χ3n) is 1.66. The third kappa shape index (κ3) is 3.54. The van der Waals surface area contributed by atoms with Crippen molar-refractivity contribution in [1.82, 2.24) is 0 Å². The Morgan fingerprint density at radius 3 is 2.33 bits per heavy atom. The van der Waals surface area contributed by atoms with Gasteiger partial charge < -0.3 is 0 Å². The van der Waals surface area contributed by atoms with Gasteiger partial charge in [0.05, 0.1) is 4.92 Å². The number of hydrogen-bond donors (Lipinski definition) is 1. The van der Waals surface area contributed by atoms with Crippen LogP contribution in [0.4, 0.5) is 5.69 Å². The number of aryl methyl sites for hydroxylation is 1. The summed E-state index contributed by atoms with van der Waals surface area (Å²) in [6.07, 6.45) is 0. The largest absolute Gasteiger partial charge is 1.00 e. The van der Waals surface area contributed by atoms with Crippen LogP contribution in [0.15, 0.2) is 23.1 Å². The molecule has 0 saturated heterocycles. The van der Waals surface area contributed by atoms with Crippen LogP contribution in [0.5, 0.6) is 0 Å².